The number of aryl methyl sites for hydroxylation is 3. The van der Waals surface area contributed by atoms with Crippen molar-refractivity contribution >= 4 is 33.3 Å². The third-order valence-corrected chi connectivity index (χ3v) is 5.64. The molecule has 0 unspecified atom stereocenters. The van der Waals surface area contributed by atoms with Crippen molar-refractivity contribution in [3.63, 3.8) is 0 Å². The molecule has 2 heterocycles. The average Bonchev–Trinajstić information content (AvgIpc) is 2.99. The molecule has 24 heavy (non-hydrogen) atoms. The second-order valence-corrected chi connectivity index (χ2v) is 7.09. The lowest BCUT2D eigenvalue weighted by Crippen LogP contribution is -2.30. The van der Waals surface area contributed by atoms with E-state index in [-0.39, 0.29) is 5.91 Å². The predicted molar refractivity (Wildman–Crippen MR) is 96.3 cm³/mol. The quantitative estimate of drug-likeness (QED) is 0.716. The zero-order valence-electron chi connectivity index (χ0n) is 13.4. The monoisotopic (exact) mass is 338 g/mol. The molecule has 0 fully saturated rings. The summed E-state index contributed by atoms with van der Waals surface area (Å²) < 4.78 is 0. The molecule has 2 N–H and O–H groups in total. The Morgan fingerprint density at radius 2 is 2.00 bits per heavy atom. The number of thiophene rings is 1. The summed E-state index contributed by atoms with van der Waals surface area (Å²) in [5.41, 5.74) is 8.72. The number of nitrogens with zero attached hydrogens (tertiary/aromatic N) is 2. The summed E-state index contributed by atoms with van der Waals surface area (Å²) >= 11 is 1.74. The van der Waals surface area contributed by atoms with E-state index in [9.17, 15) is 4.79 Å². The number of amides is 1. The molecular formula is C18H18N4OS. The fourth-order valence-electron chi connectivity index (χ4n) is 3.20. The zero-order valence-corrected chi connectivity index (χ0v) is 14.2. The molecule has 6 heteroatoms. The average molecular weight is 338 g/mol. The second-order valence-electron chi connectivity index (χ2n) is 6.01. The Hall–Kier alpha value is -2.47. The van der Waals surface area contributed by atoms with E-state index in [0.29, 0.717) is 11.4 Å². The number of nitrogens with one attached hydrogen (secondary N) is 2. The molecule has 1 aliphatic rings. The van der Waals surface area contributed by atoms with Crippen LogP contribution in [-0.4, -0.2) is 15.9 Å². The van der Waals surface area contributed by atoms with Crippen molar-refractivity contribution < 1.29 is 4.79 Å². The van der Waals surface area contributed by atoms with Gasteiger partial charge in [-0.15, -0.1) is 11.3 Å². The van der Waals surface area contributed by atoms with Gasteiger partial charge < -0.3 is 0 Å². The standard InChI is InChI=1S/C18H18N4OS/c1-11-6-2-3-7-12(11)17(23)22-21-16-15-13-8-4-5-9-14(13)24-18(15)20-10-19-16/h2-3,6-7,10H,4-5,8-9H2,1H3,(H,22,23)(H,19,20,21). The van der Waals surface area contributed by atoms with E-state index >= 15 is 0 Å². The largest absolute Gasteiger partial charge is 0.281 e. The van der Waals surface area contributed by atoms with Crippen molar-refractivity contribution in [1.82, 2.24) is 15.4 Å². The van der Waals surface area contributed by atoms with Crippen LogP contribution in [-0.2, 0) is 12.8 Å². The number of rotatable bonds is 3. The van der Waals surface area contributed by atoms with Crippen LogP contribution in [0.1, 0.15) is 39.2 Å². The predicted octanol–water partition coefficient (Wildman–Crippen LogP) is 3.64. The molecule has 0 radical (unpaired) electrons. The lowest BCUT2D eigenvalue weighted by Gasteiger charge is -2.13. The molecule has 4 rings (SSSR count). The third-order valence-electron chi connectivity index (χ3n) is 4.44. The first-order valence-electron chi connectivity index (χ1n) is 8.11. The highest BCUT2D eigenvalue weighted by molar-refractivity contribution is 7.19. The van der Waals surface area contributed by atoms with Gasteiger partial charge in [-0.05, 0) is 49.8 Å². The molecule has 1 aliphatic carbocycles. The SMILES string of the molecule is Cc1ccccc1C(=O)NNc1ncnc2sc3c(c12)CCCC3. The summed E-state index contributed by atoms with van der Waals surface area (Å²) in [6.07, 6.45) is 6.16. The van der Waals surface area contributed by atoms with Crippen molar-refractivity contribution in [3.8, 4) is 0 Å². The van der Waals surface area contributed by atoms with Crippen LogP contribution in [0.4, 0.5) is 5.82 Å². The summed E-state index contributed by atoms with van der Waals surface area (Å²) in [4.78, 5) is 23.5. The molecule has 0 bridgehead atoms. The van der Waals surface area contributed by atoms with Gasteiger partial charge in [0.1, 0.15) is 11.2 Å². The van der Waals surface area contributed by atoms with Crippen LogP contribution in [0, 0.1) is 6.92 Å². The first-order valence-corrected chi connectivity index (χ1v) is 8.93. The maximum atomic E-state index is 12.4. The Labute approximate surface area is 144 Å². The van der Waals surface area contributed by atoms with Gasteiger partial charge in [-0.3, -0.25) is 15.6 Å². The molecule has 1 aromatic carbocycles. The maximum absolute atomic E-state index is 12.4. The lowest BCUT2D eigenvalue weighted by molar-refractivity contribution is 0.0962. The molecule has 1 amide bonds. The van der Waals surface area contributed by atoms with Gasteiger partial charge in [-0.1, -0.05) is 18.2 Å². The Kier molecular flexibility index (Phi) is 3.90. The molecule has 122 valence electrons. The van der Waals surface area contributed by atoms with Gasteiger partial charge >= 0.3 is 0 Å². The Morgan fingerprint density at radius 1 is 1.17 bits per heavy atom. The van der Waals surface area contributed by atoms with Crippen LogP contribution >= 0.6 is 11.3 Å². The number of hydrazine groups is 1. The van der Waals surface area contributed by atoms with E-state index in [1.165, 1.54) is 23.3 Å². The van der Waals surface area contributed by atoms with Crippen molar-refractivity contribution in [2.45, 2.75) is 32.6 Å². The van der Waals surface area contributed by atoms with E-state index in [0.717, 1.165) is 28.6 Å². The summed E-state index contributed by atoms with van der Waals surface area (Å²) in [7, 11) is 0. The van der Waals surface area contributed by atoms with E-state index in [2.05, 4.69) is 20.8 Å². The third kappa shape index (κ3) is 2.63. The number of aromatic nitrogens is 2. The molecule has 0 atom stereocenters. The summed E-state index contributed by atoms with van der Waals surface area (Å²) in [5, 5.41) is 1.06. The topological polar surface area (TPSA) is 66.9 Å². The smallest absolute Gasteiger partial charge is 0.269 e. The summed E-state index contributed by atoms with van der Waals surface area (Å²) in [5.74, 6) is 0.519. The van der Waals surface area contributed by atoms with Gasteiger partial charge in [-0.25, -0.2) is 9.97 Å². The maximum Gasteiger partial charge on any atom is 0.269 e. The Bertz CT molecular complexity index is 919. The molecule has 0 saturated carbocycles. The van der Waals surface area contributed by atoms with E-state index < -0.39 is 0 Å². The number of hydrogen-bond donors (Lipinski definition) is 2. The van der Waals surface area contributed by atoms with Crippen LogP contribution in [0.15, 0.2) is 30.6 Å². The normalized spacial score (nSPS) is 13.5. The Balaban J connectivity index is 1.62. The van der Waals surface area contributed by atoms with Crippen molar-refractivity contribution in [2.75, 3.05) is 5.43 Å². The van der Waals surface area contributed by atoms with Gasteiger partial charge in [0.25, 0.3) is 5.91 Å². The van der Waals surface area contributed by atoms with E-state index in [4.69, 9.17) is 0 Å². The van der Waals surface area contributed by atoms with Crippen LogP contribution in [0.5, 0.6) is 0 Å². The fraction of sp³-hybridized carbons (Fsp3) is 0.278. The second kappa shape index (κ2) is 6.20. The van der Waals surface area contributed by atoms with E-state index in [1.807, 2.05) is 31.2 Å². The van der Waals surface area contributed by atoms with Crippen molar-refractivity contribution in [1.29, 1.82) is 0 Å². The van der Waals surface area contributed by atoms with Gasteiger partial charge in [0.2, 0.25) is 0 Å². The van der Waals surface area contributed by atoms with Crippen molar-refractivity contribution in [3.05, 3.63) is 52.2 Å². The molecule has 0 saturated heterocycles. The molecule has 0 aliphatic heterocycles. The van der Waals surface area contributed by atoms with Crippen LogP contribution < -0.4 is 10.9 Å². The zero-order chi connectivity index (χ0) is 16.5. The highest BCUT2D eigenvalue weighted by atomic mass is 32.1. The van der Waals surface area contributed by atoms with Crippen LogP contribution in [0.3, 0.4) is 0 Å². The lowest BCUT2D eigenvalue weighted by atomic mass is 9.97. The first-order chi connectivity index (χ1) is 11.7. The van der Waals surface area contributed by atoms with Gasteiger partial charge in [0, 0.05) is 10.4 Å². The fourth-order valence-corrected chi connectivity index (χ4v) is 4.42. The van der Waals surface area contributed by atoms with Gasteiger partial charge in [0.15, 0.2) is 5.82 Å². The van der Waals surface area contributed by atoms with Gasteiger partial charge in [0.05, 0.1) is 5.39 Å². The molecule has 3 aromatic rings. The molecule has 5 nitrogen and oxygen atoms in total. The molecule has 2 aromatic heterocycles. The number of carbonyl (C=O) groups excluding carboxylic acids is 1. The number of carbonyl (C=O) groups is 1. The first kappa shape index (κ1) is 15.1. The highest BCUT2D eigenvalue weighted by Gasteiger charge is 2.20. The minimum Gasteiger partial charge on any atom is -0.281 e. The minimum absolute atomic E-state index is 0.163. The van der Waals surface area contributed by atoms with Gasteiger partial charge in [-0.2, -0.15) is 0 Å². The van der Waals surface area contributed by atoms with E-state index in [1.54, 1.807) is 17.7 Å². The molecular weight excluding hydrogens is 320 g/mol. The number of benzene rings is 1. The number of anilines is 1. The Morgan fingerprint density at radius 3 is 2.88 bits per heavy atom. The molecule has 0 spiro atoms. The summed E-state index contributed by atoms with van der Waals surface area (Å²) in [6, 6.07) is 7.52. The number of fused-ring (bicyclic) bond motifs is 3. The van der Waals surface area contributed by atoms with Crippen LogP contribution in [0.2, 0.25) is 0 Å². The van der Waals surface area contributed by atoms with Crippen molar-refractivity contribution in [2.24, 2.45) is 0 Å². The van der Waals surface area contributed by atoms with Crippen LogP contribution in [0.25, 0.3) is 10.2 Å². The highest BCUT2D eigenvalue weighted by Crippen LogP contribution is 2.37. The number of hydrogen-bond acceptors (Lipinski definition) is 5. The summed E-state index contributed by atoms with van der Waals surface area (Å²) in [6.45, 7) is 1.92. The minimum atomic E-state index is -0.163.